The molecule has 0 bridgehead atoms. The van der Waals surface area contributed by atoms with Gasteiger partial charge in [0.1, 0.15) is 0 Å². The van der Waals surface area contributed by atoms with Crippen molar-refractivity contribution in [2.75, 3.05) is 87.3 Å². The van der Waals surface area contributed by atoms with E-state index in [0.29, 0.717) is 5.92 Å². The molecule has 0 atom stereocenters. The van der Waals surface area contributed by atoms with Gasteiger partial charge in [0.2, 0.25) is 0 Å². The molecule has 0 unspecified atom stereocenters. The first kappa shape index (κ1) is 28.8. The van der Waals surface area contributed by atoms with Crippen LogP contribution in [0.3, 0.4) is 0 Å². The summed E-state index contributed by atoms with van der Waals surface area (Å²) in [6, 6.07) is 0. The van der Waals surface area contributed by atoms with Gasteiger partial charge in [0.15, 0.2) is 12.6 Å². The summed E-state index contributed by atoms with van der Waals surface area (Å²) >= 11 is 0. The summed E-state index contributed by atoms with van der Waals surface area (Å²) in [6.07, 6.45) is -0.364. The molecule has 0 aromatic rings. The van der Waals surface area contributed by atoms with E-state index < -0.39 is 0 Å². The van der Waals surface area contributed by atoms with E-state index in [0.717, 1.165) is 58.9 Å². The van der Waals surface area contributed by atoms with E-state index in [1.54, 1.807) is 28.4 Å². The Morgan fingerprint density at radius 1 is 0.556 bits per heavy atom. The maximum absolute atomic E-state index is 5.39. The fourth-order valence-electron chi connectivity index (χ4n) is 3.16. The Morgan fingerprint density at radius 3 is 1.04 bits per heavy atom. The van der Waals surface area contributed by atoms with Gasteiger partial charge in [-0.15, -0.1) is 0 Å². The molecule has 1 aliphatic heterocycles. The first-order valence-corrected chi connectivity index (χ1v) is 9.30. The van der Waals surface area contributed by atoms with E-state index in [2.05, 4.69) is 28.5 Å². The molecule has 4 N–H and O–H groups in total. The van der Waals surface area contributed by atoms with Gasteiger partial charge in [-0.3, -0.25) is 9.80 Å². The molecule has 9 heteroatoms. The second-order valence-electron chi connectivity index (χ2n) is 7.10. The van der Waals surface area contributed by atoms with Crippen LogP contribution in [0.4, 0.5) is 0 Å². The molecule has 166 valence electrons. The lowest BCUT2D eigenvalue weighted by molar-refractivity contribution is -0.121. The highest BCUT2D eigenvalue weighted by molar-refractivity contribution is 4.73. The third kappa shape index (κ3) is 11.9. The van der Waals surface area contributed by atoms with Crippen LogP contribution < -0.4 is 0 Å². The van der Waals surface area contributed by atoms with E-state index in [-0.39, 0.29) is 23.5 Å². The zero-order valence-electron chi connectivity index (χ0n) is 18.1. The molecule has 0 aliphatic carbocycles. The maximum atomic E-state index is 5.39. The van der Waals surface area contributed by atoms with E-state index in [1.165, 1.54) is 0 Å². The number of hydrogen-bond donors (Lipinski definition) is 0. The lowest BCUT2D eigenvalue weighted by atomic mass is 10.2. The Morgan fingerprint density at radius 2 is 0.815 bits per heavy atom. The normalized spacial score (nSPS) is 18.1. The predicted molar refractivity (Wildman–Crippen MR) is 107 cm³/mol. The summed E-state index contributed by atoms with van der Waals surface area (Å²) in [7, 11) is 6.79. The minimum Gasteiger partial charge on any atom is -0.412 e. The predicted octanol–water partition coefficient (Wildman–Crippen LogP) is -0.850. The molecule has 27 heavy (non-hydrogen) atoms. The largest absolute Gasteiger partial charge is 0.412 e. The van der Waals surface area contributed by atoms with Gasteiger partial charge in [0.05, 0.1) is 0 Å². The SMILES string of the molecule is COC(CN1CCN(CC(C)C)CCN(CC(OC)OC)CC1)OC.O.O. The fourth-order valence-corrected chi connectivity index (χ4v) is 3.16. The van der Waals surface area contributed by atoms with Gasteiger partial charge in [-0.05, 0) is 5.92 Å². The van der Waals surface area contributed by atoms with Crippen molar-refractivity contribution in [3.8, 4) is 0 Å². The lowest BCUT2D eigenvalue weighted by Crippen LogP contribution is -2.43. The summed E-state index contributed by atoms with van der Waals surface area (Å²) in [5.74, 6) is 0.666. The summed E-state index contributed by atoms with van der Waals surface area (Å²) in [5.41, 5.74) is 0. The molecule has 0 radical (unpaired) electrons. The van der Waals surface area contributed by atoms with Gasteiger partial charge in [0.25, 0.3) is 0 Å². The molecule has 1 saturated heterocycles. The van der Waals surface area contributed by atoms with Crippen LogP contribution in [-0.4, -0.2) is 126 Å². The van der Waals surface area contributed by atoms with E-state index in [4.69, 9.17) is 18.9 Å². The third-order valence-corrected chi connectivity index (χ3v) is 4.69. The quantitative estimate of drug-likeness (QED) is 0.442. The zero-order chi connectivity index (χ0) is 18.7. The Hall–Kier alpha value is -0.360. The van der Waals surface area contributed by atoms with E-state index in [9.17, 15) is 0 Å². The highest BCUT2D eigenvalue weighted by atomic mass is 16.7. The van der Waals surface area contributed by atoms with Crippen molar-refractivity contribution in [1.29, 1.82) is 0 Å². The summed E-state index contributed by atoms with van der Waals surface area (Å²) in [4.78, 5) is 7.41. The van der Waals surface area contributed by atoms with Crippen LogP contribution in [0.1, 0.15) is 13.8 Å². The first-order chi connectivity index (χ1) is 12.0. The lowest BCUT2D eigenvalue weighted by Gasteiger charge is -2.29. The number of methoxy groups -OCH3 is 4. The van der Waals surface area contributed by atoms with Crippen LogP contribution in [0.5, 0.6) is 0 Å². The molecule has 1 heterocycles. The van der Waals surface area contributed by atoms with Crippen molar-refractivity contribution < 1.29 is 29.9 Å². The van der Waals surface area contributed by atoms with Gasteiger partial charge >= 0.3 is 0 Å². The number of hydrogen-bond acceptors (Lipinski definition) is 7. The smallest absolute Gasteiger partial charge is 0.169 e. The molecule has 0 spiro atoms. The molecule has 0 aromatic heterocycles. The monoisotopic (exact) mass is 397 g/mol. The van der Waals surface area contributed by atoms with Crippen LogP contribution >= 0.6 is 0 Å². The second-order valence-corrected chi connectivity index (χ2v) is 7.10. The Balaban J connectivity index is 0. The molecule has 0 aromatic carbocycles. The van der Waals surface area contributed by atoms with Crippen LogP contribution in [0.25, 0.3) is 0 Å². The Labute approximate surface area is 165 Å². The van der Waals surface area contributed by atoms with Gasteiger partial charge in [-0.2, -0.15) is 0 Å². The van der Waals surface area contributed by atoms with E-state index in [1.807, 2.05) is 0 Å². The highest BCUT2D eigenvalue weighted by Crippen LogP contribution is 2.07. The van der Waals surface area contributed by atoms with Crippen LogP contribution in [-0.2, 0) is 18.9 Å². The summed E-state index contributed by atoms with van der Waals surface area (Å²) < 4.78 is 21.6. The van der Waals surface area contributed by atoms with Gasteiger partial charge in [0, 0.05) is 87.3 Å². The maximum Gasteiger partial charge on any atom is 0.169 e. The molecule has 1 fully saturated rings. The fraction of sp³-hybridized carbons (Fsp3) is 1.00. The van der Waals surface area contributed by atoms with Crippen molar-refractivity contribution in [2.45, 2.75) is 26.4 Å². The molecule has 0 amide bonds. The van der Waals surface area contributed by atoms with Crippen LogP contribution in [0.2, 0.25) is 0 Å². The average molecular weight is 398 g/mol. The van der Waals surface area contributed by atoms with Crippen molar-refractivity contribution in [3.63, 3.8) is 0 Å². The van der Waals surface area contributed by atoms with Crippen molar-refractivity contribution >= 4 is 0 Å². The minimum absolute atomic E-state index is 0. The number of nitrogens with zero attached hydrogens (tertiary/aromatic N) is 3. The summed E-state index contributed by atoms with van der Waals surface area (Å²) in [5, 5.41) is 0. The molecule has 1 aliphatic rings. The average Bonchev–Trinajstić information content (AvgIpc) is 2.69. The number of ether oxygens (including phenoxy) is 4. The third-order valence-electron chi connectivity index (χ3n) is 4.69. The second kappa shape index (κ2) is 16.6. The van der Waals surface area contributed by atoms with Crippen molar-refractivity contribution in [3.05, 3.63) is 0 Å². The Kier molecular flexibility index (Phi) is 17.7. The first-order valence-electron chi connectivity index (χ1n) is 9.30. The van der Waals surface area contributed by atoms with E-state index >= 15 is 0 Å². The van der Waals surface area contributed by atoms with Crippen molar-refractivity contribution in [2.24, 2.45) is 5.92 Å². The standard InChI is InChI=1S/C18H39N3O4.2H2O/c1-16(2)13-19-7-9-20(14-17(22-3)23-4)11-12-21(10-8-19)15-18(24-5)25-6;;/h16-18H,7-15H2,1-6H3;2*1H2. The molecule has 9 nitrogen and oxygen atoms in total. The number of rotatable bonds is 10. The topological polar surface area (TPSA) is 110 Å². The van der Waals surface area contributed by atoms with Crippen LogP contribution in [0, 0.1) is 5.92 Å². The molecular weight excluding hydrogens is 354 g/mol. The highest BCUT2D eigenvalue weighted by Gasteiger charge is 2.21. The van der Waals surface area contributed by atoms with Gasteiger partial charge in [-0.25, -0.2) is 0 Å². The molecule has 0 saturated carbocycles. The van der Waals surface area contributed by atoms with Crippen LogP contribution in [0.15, 0.2) is 0 Å². The molecule has 1 rings (SSSR count). The van der Waals surface area contributed by atoms with Gasteiger partial charge in [-0.1, -0.05) is 13.8 Å². The minimum atomic E-state index is -0.182. The summed E-state index contributed by atoms with van der Waals surface area (Å²) in [6.45, 7) is 13.4. The Bertz CT molecular complexity index is 304. The zero-order valence-corrected chi connectivity index (χ0v) is 18.1. The van der Waals surface area contributed by atoms with Gasteiger partial charge < -0.3 is 34.8 Å². The molecular formula is C18H43N3O6. The van der Waals surface area contributed by atoms with Crippen molar-refractivity contribution in [1.82, 2.24) is 14.7 Å².